The second-order valence-corrected chi connectivity index (χ2v) is 9.59. The molecule has 0 unspecified atom stereocenters. The first-order valence-corrected chi connectivity index (χ1v) is 13.4. The lowest BCUT2D eigenvalue weighted by molar-refractivity contribution is 0.0687. The van der Waals surface area contributed by atoms with Gasteiger partial charge in [-0.25, -0.2) is 9.59 Å². The summed E-state index contributed by atoms with van der Waals surface area (Å²) >= 11 is 0. The maximum atomic E-state index is 12.9. The predicted molar refractivity (Wildman–Crippen MR) is 165 cm³/mol. The highest BCUT2D eigenvalue weighted by Crippen LogP contribution is 2.30. The fourth-order valence-electron chi connectivity index (χ4n) is 4.55. The molecular formula is C33H30N2O10. The highest BCUT2D eigenvalue weighted by Gasteiger charge is 2.19. The van der Waals surface area contributed by atoms with Gasteiger partial charge in [0.25, 0.3) is 11.8 Å². The van der Waals surface area contributed by atoms with E-state index in [2.05, 4.69) is 10.6 Å². The molecule has 12 nitrogen and oxygen atoms in total. The predicted octanol–water partition coefficient (Wildman–Crippen LogP) is 5.21. The summed E-state index contributed by atoms with van der Waals surface area (Å²) in [7, 11) is 5.80. The molecule has 0 aliphatic carbocycles. The zero-order valence-corrected chi connectivity index (χ0v) is 24.8. The standard InChI is InChI=1S/C33H30N2O10/c1-42-26-11-7-20(16-28(26)44-3)30(36)34-24-9-5-18(14-22(24)32(38)39)13-19-6-10-25(23(15-19)33(40)41)35-31(37)21-8-12-27(43-2)29(17-21)45-4/h5-12,14-17H,13H2,1-4H3,(H,34,36)(H,35,37)(H,38,39)(H,40,41). The number of carbonyl (C=O) groups is 4. The van der Waals surface area contributed by atoms with Crippen LogP contribution in [0.1, 0.15) is 52.6 Å². The largest absolute Gasteiger partial charge is 0.493 e. The van der Waals surface area contributed by atoms with Gasteiger partial charge in [-0.2, -0.15) is 0 Å². The van der Waals surface area contributed by atoms with Crippen molar-refractivity contribution in [2.24, 2.45) is 0 Å². The van der Waals surface area contributed by atoms with Gasteiger partial charge in [0.2, 0.25) is 0 Å². The molecule has 0 heterocycles. The number of carboxylic acids is 2. The van der Waals surface area contributed by atoms with E-state index in [-0.39, 0.29) is 40.0 Å². The van der Waals surface area contributed by atoms with Gasteiger partial charge in [0.15, 0.2) is 23.0 Å². The summed E-state index contributed by atoms with van der Waals surface area (Å²) in [6.45, 7) is 0. The Balaban J connectivity index is 1.54. The van der Waals surface area contributed by atoms with E-state index in [9.17, 15) is 29.4 Å². The number of anilines is 2. The van der Waals surface area contributed by atoms with Gasteiger partial charge >= 0.3 is 11.9 Å². The van der Waals surface area contributed by atoms with Crippen molar-refractivity contribution < 1.29 is 48.3 Å². The number of hydrogen-bond acceptors (Lipinski definition) is 8. The summed E-state index contributed by atoms with van der Waals surface area (Å²) in [6, 6.07) is 18.1. The Morgan fingerprint density at radius 3 is 1.24 bits per heavy atom. The van der Waals surface area contributed by atoms with Gasteiger partial charge in [0.1, 0.15) is 0 Å². The summed E-state index contributed by atoms with van der Waals surface area (Å²) in [5.41, 5.74) is 1.40. The maximum absolute atomic E-state index is 12.9. The van der Waals surface area contributed by atoms with Crippen molar-refractivity contribution in [2.45, 2.75) is 6.42 Å². The summed E-state index contributed by atoms with van der Waals surface area (Å²) in [5, 5.41) is 25.0. The number of amides is 2. The number of carbonyl (C=O) groups excluding carboxylic acids is 2. The molecule has 0 fully saturated rings. The van der Waals surface area contributed by atoms with Crippen LogP contribution in [0.2, 0.25) is 0 Å². The monoisotopic (exact) mass is 614 g/mol. The van der Waals surface area contributed by atoms with Crippen LogP contribution in [-0.4, -0.2) is 62.4 Å². The molecule has 12 heteroatoms. The van der Waals surface area contributed by atoms with Crippen LogP contribution in [-0.2, 0) is 6.42 Å². The summed E-state index contributed by atoms with van der Waals surface area (Å²) < 4.78 is 20.8. The zero-order chi connectivity index (χ0) is 32.7. The van der Waals surface area contributed by atoms with E-state index in [4.69, 9.17) is 18.9 Å². The smallest absolute Gasteiger partial charge is 0.337 e. The van der Waals surface area contributed by atoms with Gasteiger partial charge in [0, 0.05) is 11.1 Å². The Morgan fingerprint density at radius 1 is 0.533 bits per heavy atom. The van der Waals surface area contributed by atoms with Crippen LogP contribution < -0.4 is 29.6 Å². The van der Waals surface area contributed by atoms with Gasteiger partial charge in [-0.15, -0.1) is 0 Å². The zero-order valence-electron chi connectivity index (χ0n) is 24.8. The first kappa shape index (κ1) is 31.9. The van der Waals surface area contributed by atoms with E-state index in [1.54, 1.807) is 24.3 Å². The molecule has 0 saturated heterocycles. The highest BCUT2D eigenvalue weighted by atomic mass is 16.5. The van der Waals surface area contributed by atoms with Gasteiger partial charge in [-0.3, -0.25) is 9.59 Å². The lowest BCUT2D eigenvalue weighted by atomic mass is 9.99. The van der Waals surface area contributed by atoms with Crippen molar-refractivity contribution in [3.05, 3.63) is 106 Å². The normalized spacial score (nSPS) is 10.4. The number of ether oxygens (including phenoxy) is 4. The Morgan fingerprint density at radius 2 is 0.911 bits per heavy atom. The van der Waals surface area contributed by atoms with Crippen molar-refractivity contribution in [1.29, 1.82) is 0 Å². The highest BCUT2D eigenvalue weighted by molar-refractivity contribution is 6.09. The molecule has 4 aromatic rings. The number of hydrogen-bond donors (Lipinski definition) is 4. The van der Waals surface area contributed by atoms with Crippen LogP contribution in [0.15, 0.2) is 72.8 Å². The van der Waals surface area contributed by atoms with Crippen molar-refractivity contribution in [3.8, 4) is 23.0 Å². The number of nitrogens with one attached hydrogen (secondary N) is 2. The minimum absolute atomic E-state index is 0.0745. The second-order valence-electron chi connectivity index (χ2n) is 9.59. The van der Waals surface area contributed by atoms with Crippen molar-refractivity contribution in [2.75, 3.05) is 39.1 Å². The third kappa shape index (κ3) is 7.31. The fourth-order valence-corrected chi connectivity index (χ4v) is 4.55. The summed E-state index contributed by atoms with van der Waals surface area (Å²) in [4.78, 5) is 50.0. The molecule has 0 aliphatic rings. The molecule has 45 heavy (non-hydrogen) atoms. The van der Waals surface area contributed by atoms with E-state index in [0.717, 1.165) is 0 Å². The maximum Gasteiger partial charge on any atom is 0.337 e. The number of carboxylic acid groups (broad SMARTS) is 2. The molecule has 2 amide bonds. The minimum atomic E-state index is -1.26. The SMILES string of the molecule is COc1ccc(C(=O)Nc2ccc(Cc3ccc(NC(=O)c4ccc(OC)c(OC)c4)c(C(=O)O)c3)cc2C(=O)O)cc1OC. The molecule has 0 bridgehead atoms. The van der Waals surface area contributed by atoms with Gasteiger partial charge in [-0.05, 0) is 78.2 Å². The molecule has 0 aliphatic heterocycles. The van der Waals surface area contributed by atoms with Crippen LogP contribution in [0.3, 0.4) is 0 Å². The van der Waals surface area contributed by atoms with Gasteiger partial charge < -0.3 is 39.8 Å². The van der Waals surface area contributed by atoms with Crippen molar-refractivity contribution in [1.82, 2.24) is 0 Å². The van der Waals surface area contributed by atoms with Crippen LogP contribution in [0.25, 0.3) is 0 Å². The molecule has 4 rings (SSSR count). The van der Waals surface area contributed by atoms with Crippen molar-refractivity contribution in [3.63, 3.8) is 0 Å². The Labute approximate surface area is 258 Å². The molecule has 4 N–H and O–H groups in total. The molecular weight excluding hydrogens is 584 g/mol. The average molecular weight is 615 g/mol. The van der Waals surface area contributed by atoms with E-state index in [1.807, 2.05) is 0 Å². The molecule has 0 spiro atoms. The van der Waals surface area contributed by atoms with Crippen LogP contribution in [0.4, 0.5) is 11.4 Å². The lowest BCUT2D eigenvalue weighted by Gasteiger charge is -2.14. The van der Waals surface area contributed by atoms with E-state index < -0.39 is 23.8 Å². The molecule has 0 aromatic heterocycles. The lowest BCUT2D eigenvalue weighted by Crippen LogP contribution is -2.16. The fraction of sp³-hybridized carbons (Fsp3) is 0.152. The molecule has 0 atom stereocenters. The molecule has 4 aromatic carbocycles. The second kappa shape index (κ2) is 14.0. The third-order valence-electron chi connectivity index (χ3n) is 6.82. The Kier molecular flexibility index (Phi) is 9.89. The number of benzene rings is 4. The van der Waals surface area contributed by atoms with Crippen LogP contribution >= 0.6 is 0 Å². The topological polar surface area (TPSA) is 170 Å². The van der Waals surface area contributed by atoms with Gasteiger partial charge in [-0.1, -0.05) is 12.1 Å². The molecule has 0 saturated carbocycles. The van der Waals surface area contributed by atoms with Crippen molar-refractivity contribution >= 4 is 35.1 Å². The first-order chi connectivity index (χ1) is 21.6. The number of rotatable bonds is 12. The van der Waals surface area contributed by atoms with E-state index in [0.29, 0.717) is 34.1 Å². The summed E-state index contributed by atoms with van der Waals surface area (Å²) in [5.74, 6) is -2.09. The summed E-state index contributed by atoms with van der Waals surface area (Å²) in [6.07, 6.45) is 0.175. The third-order valence-corrected chi connectivity index (χ3v) is 6.82. The molecule has 232 valence electrons. The van der Waals surface area contributed by atoms with E-state index >= 15 is 0 Å². The molecule has 0 radical (unpaired) electrons. The van der Waals surface area contributed by atoms with Gasteiger partial charge in [0.05, 0.1) is 50.9 Å². The van der Waals surface area contributed by atoms with E-state index in [1.165, 1.54) is 77.0 Å². The Bertz CT molecular complexity index is 1650. The number of aromatic carboxylic acids is 2. The first-order valence-electron chi connectivity index (χ1n) is 13.4. The average Bonchev–Trinajstić information content (AvgIpc) is 3.04. The van der Waals surface area contributed by atoms with Crippen LogP contribution in [0.5, 0.6) is 23.0 Å². The van der Waals surface area contributed by atoms with Crippen LogP contribution in [0, 0.1) is 0 Å². The quantitative estimate of drug-likeness (QED) is 0.166. The number of methoxy groups -OCH3 is 4. The Hall–Kier alpha value is -6.04. The minimum Gasteiger partial charge on any atom is -0.493 e.